The highest BCUT2D eigenvalue weighted by Crippen LogP contribution is 2.36. The molecule has 3 aromatic rings. The van der Waals surface area contributed by atoms with E-state index in [0.717, 1.165) is 46.8 Å². The van der Waals surface area contributed by atoms with E-state index in [1.165, 1.54) is 0 Å². The van der Waals surface area contributed by atoms with Crippen LogP contribution in [-0.4, -0.2) is 23.9 Å². The number of nitrogens with zero attached hydrogens (tertiary/aromatic N) is 1. The van der Waals surface area contributed by atoms with Crippen LogP contribution in [0.3, 0.4) is 0 Å². The number of carbonyl (C=O) groups is 4. The van der Waals surface area contributed by atoms with Crippen LogP contribution in [0.4, 0.5) is 17.1 Å². The van der Waals surface area contributed by atoms with E-state index in [4.69, 9.17) is 18.9 Å². The molecule has 0 unspecified atom stereocenters. The number of anilines is 3. The third-order valence-corrected chi connectivity index (χ3v) is 5.88. The van der Waals surface area contributed by atoms with Crippen LogP contribution in [0.25, 0.3) is 0 Å². The fourth-order valence-electron chi connectivity index (χ4n) is 3.82. The number of benzene rings is 3. The van der Waals surface area contributed by atoms with Gasteiger partial charge in [-0.3, -0.25) is 0 Å². The van der Waals surface area contributed by atoms with Crippen molar-refractivity contribution in [2.45, 2.75) is 26.4 Å². The first-order valence-electron chi connectivity index (χ1n) is 13.0. The second-order valence-electron chi connectivity index (χ2n) is 8.92. The fourth-order valence-corrected chi connectivity index (χ4v) is 3.82. The predicted molar refractivity (Wildman–Crippen MR) is 161 cm³/mol. The van der Waals surface area contributed by atoms with Crippen molar-refractivity contribution in [2.75, 3.05) is 4.90 Å². The Morgan fingerprint density at radius 3 is 1.07 bits per heavy atom. The van der Waals surface area contributed by atoms with Gasteiger partial charge in [-0.25, -0.2) is 19.2 Å². The molecule has 0 atom stereocenters. The predicted octanol–water partition coefficient (Wildman–Crippen LogP) is 6.07. The first-order valence-corrected chi connectivity index (χ1v) is 13.0. The number of hydrogen-bond acceptors (Lipinski definition) is 9. The lowest BCUT2D eigenvalue weighted by atomic mass is 10.1. The number of esters is 4. The largest absolute Gasteiger partial charge is 0.458 e. The van der Waals surface area contributed by atoms with Crippen LogP contribution in [0.5, 0.6) is 0 Å². The topological polar surface area (TPSA) is 108 Å². The molecular weight excluding hydrogens is 550 g/mol. The number of carbonyl (C=O) groups excluding carboxylic acids is 4. The molecule has 43 heavy (non-hydrogen) atoms. The van der Waals surface area contributed by atoms with Gasteiger partial charge < -0.3 is 23.8 Å². The summed E-state index contributed by atoms with van der Waals surface area (Å²) in [6.45, 7) is 13.7. The molecule has 220 valence electrons. The van der Waals surface area contributed by atoms with E-state index in [1.54, 1.807) is 6.07 Å². The van der Waals surface area contributed by atoms with Gasteiger partial charge in [0.05, 0.1) is 0 Å². The van der Waals surface area contributed by atoms with Crippen molar-refractivity contribution < 1.29 is 38.1 Å². The average molecular weight is 582 g/mol. The van der Waals surface area contributed by atoms with Crippen LogP contribution >= 0.6 is 0 Å². The molecule has 0 bridgehead atoms. The first kappa shape index (κ1) is 31.8. The Balaban J connectivity index is 2.05. The lowest BCUT2D eigenvalue weighted by Gasteiger charge is -2.27. The summed E-state index contributed by atoms with van der Waals surface area (Å²) in [6, 6.07) is 20.2. The van der Waals surface area contributed by atoms with Crippen molar-refractivity contribution in [3.05, 3.63) is 140 Å². The molecular formula is C34H31NO8. The van der Waals surface area contributed by atoms with Gasteiger partial charge in [0.1, 0.15) is 26.4 Å². The molecule has 0 fully saturated rings. The normalized spacial score (nSPS) is 10.0. The molecule has 0 amide bonds. The molecule has 0 aliphatic carbocycles. The van der Waals surface area contributed by atoms with Gasteiger partial charge in [-0.2, -0.15) is 0 Å². The highest BCUT2D eigenvalue weighted by Gasteiger charge is 2.16. The Labute approximate surface area is 249 Å². The summed E-state index contributed by atoms with van der Waals surface area (Å²) >= 11 is 0. The van der Waals surface area contributed by atoms with Crippen molar-refractivity contribution >= 4 is 40.9 Å². The summed E-state index contributed by atoms with van der Waals surface area (Å²) in [5.41, 5.74) is 4.98. The Morgan fingerprint density at radius 2 is 0.767 bits per heavy atom. The molecule has 0 radical (unpaired) electrons. The molecule has 0 aromatic heterocycles. The van der Waals surface area contributed by atoms with Crippen molar-refractivity contribution in [1.29, 1.82) is 0 Å². The minimum Gasteiger partial charge on any atom is -0.458 e. The number of ether oxygens (including phenoxy) is 4. The molecule has 0 aliphatic heterocycles. The highest BCUT2D eigenvalue weighted by molar-refractivity contribution is 5.83. The summed E-state index contributed by atoms with van der Waals surface area (Å²) in [5, 5.41) is 0. The Morgan fingerprint density at radius 1 is 0.465 bits per heavy atom. The van der Waals surface area contributed by atoms with Crippen molar-refractivity contribution in [1.82, 2.24) is 0 Å². The first-order chi connectivity index (χ1) is 20.8. The van der Waals surface area contributed by atoms with Crippen LogP contribution in [-0.2, 0) is 64.6 Å². The summed E-state index contributed by atoms with van der Waals surface area (Å²) in [4.78, 5) is 48.5. The molecule has 3 rings (SSSR count). The van der Waals surface area contributed by atoms with Crippen LogP contribution < -0.4 is 4.90 Å². The molecule has 0 aliphatic rings. The number of rotatable bonds is 15. The van der Waals surface area contributed by atoms with Crippen molar-refractivity contribution in [2.24, 2.45) is 0 Å². The van der Waals surface area contributed by atoms with Gasteiger partial charge in [-0.1, -0.05) is 50.6 Å². The molecule has 0 saturated heterocycles. The average Bonchev–Trinajstić information content (AvgIpc) is 3.04. The third-order valence-electron chi connectivity index (χ3n) is 5.88. The SMILES string of the molecule is C=CC(=O)OCc1ccc(N(c2ccc(COC(=O)C=C)cc2)c2cc(COC(=O)C=C)cc(COC(=O)C=C)c2)cc1. The molecule has 0 N–H and O–H groups in total. The zero-order valence-corrected chi connectivity index (χ0v) is 23.5. The molecule has 9 nitrogen and oxygen atoms in total. The minimum absolute atomic E-state index is 0.0455. The van der Waals surface area contributed by atoms with E-state index >= 15 is 0 Å². The lowest BCUT2D eigenvalue weighted by Crippen LogP contribution is -2.12. The van der Waals surface area contributed by atoms with Crippen molar-refractivity contribution in [3.63, 3.8) is 0 Å². The molecule has 9 heteroatoms. The molecule has 0 heterocycles. The van der Waals surface area contributed by atoms with E-state index in [2.05, 4.69) is 26.3 Å². The monoisotopic (exact) mass is 581 g/mol. The van der Waals surface area contributed by atoms with E-state index in [9.17, 15) is 19.2 Å². The van der Waals surface area contributed by atoms with Crippen LogP contribution in [0.2, 0.25) is 0 Å². The Bertz CT molecular complexity index is 1400. The van der Waals surface area contributed by atoms with Crippen LogP contribution in [0.15, 0.2) is 117 Å². The smallest absolute Gasteiger partial charge is 0.330 e. The van der Waals surface area contributed by atoms with E-state index in [1.807, 2.05) is 65.6 Å². The summed E-state index contributed by atoms with van der Waals surface area (Å²) in [5.74, 6) is -2.21. The van der Waals surface area contributed by atoms with E-state index < -0.39 is 23.9 Å². The summed E-state index contributed by atoms with van der Waals surface area (Å²) < 4.78 is 20.8. The maximum Gasteiger partial charge on any atom is 0.330 e. The van der Waals surface area contributed by atoms with Gasteiger partial charge in [0.2, 0.25) is 0 Å². The Hall–Kier alpha value is -5.70. The maximum atomic E-state index is 11.8. The highest BCUT2D eigenvalue weighted by atomic mass is 16.5. The summed E-state index contributed by atoms with van der Waals surface area (Å²) in [7, 11) is 0. The lowest BCUT2D eigenvalue weighted by molar-refractivity contribution is -0.139. The van der Waals surface area contributed by atoms with Gasteiger partial charge in [-0.05, 0) is 64.7 Å². The second-order valence-corrected chi connectivity index (χ2v) is 8.92. The number of hydrogen-bond donors (Lipinski definition) is 0. The van der Waals surface area contributed by atoms with Gasteiger partial charge in [0.25, 0.3) is 0 Å². The van der Waals surface area contributed by atoms with Crippen LogP contribution in [0, 0.1) is 0 Å². The van der Waals surface area contributed by atoms with Crippen LogP contribution in [0.1, 0.15) is 22.3 Å². The van der Waals surface area contributed by atoms with Crippen molar-refractivity contribution in [3.8, 4) is 0 Å². The van der Waals surface area contributed by atoms with Gasteiger partial charge in [0, 0.05) is 41.4 Å². The Kier molecular flexibility index (Phi) is 11.8. The van der Waals surface area contributed by atoms with E-state index in [0.29, 0.717) is 16.8 Å². The van der Waals surface area contributed by atoms with Gasteiger partial charge in [-0.15, -0.1) is 0 Å². The zero-order valence-electron chi connectivity index (χ0n) is 23.5. The fraction of sp³-hybridized carbons (Fsp3) is 0.118. The summed E-state index contributed by atoms with van der Waals surface area (Å²) in [6.07, 6.45) is 4.35. The minimum atomic E-state index is -0.581. The standard InChI is InChI=1S/C34H31NO8/c1-5-31(36)40-20-24-9-13-28(14-10-24)35(29-15-11-25(12-16-29)21-41-32(37)6-2)30-18-26(22-42-33(38)7-3)17-27(19-30)23-43-34(39)8-4/h5-19H,1-4,20-23H2. The molecule has 3 aromatic carbocycles. The molecule has 0 spiro atoms. The van der Waals surface area contributed by atoms with E-state index in [-0.39, 0.29) is 26.4 Å². The second kappa shape index (κ2) is 15.9. The third kappa shape index (κ3) is 9.72. The quantitative estimate of drug-likeness (QED) is 0.120. The molecule has 0 saturated carbocycles. The van der Waals surface area contributed by atoms with Gasteiger partial charge >= 0.3 is 23.9 Å². The zero-order chi connectivity index (χ0) is 31.2. The van der Waals surface area contributed by atoms with Gasteiger partial charge in [0.15, 0.2) is 0 Å². The maximum absolute atomic E-state index is 11.8.